The fraction of sp³-hybridized carbons (Fsp3) is 1.00. The fourth-order valence-corrected chi connectivity index (χ4v) is 3.37. The second kappa shape index (κ2) is 6.80. The van der Waals surface area contributed by atoms with E-state index < -0.39 is 0 Å². The number of hydrogen-bond donors (Lipinski definition) is 1. The molecule has 0 saturated heterocycles. The van der Waals surface area contributed by atoms with Crippen molar-refractivity contribution < 1.29 is 0 Å². The van der Waals surface area contributed by atoms with Crippen molar-refractivity contribution >= 4 is 11.8 Å². The molecule has 2 heteroatoms. The Morgan fingerprint density at radius 2 is 1.93 bits per heavy atom. The lowest BCUT2D eigenvalue weighted by atomic mass is 10.1. The van der Waals surface area contributed by atoms with E-state index in [-0.39, 0.29) is 0 Å². The minimum atomic E-state index is 0.581. The maximum Gasteiger partial charge on any atom is 0.0281 e. The average molecular weight is 229 g/mol. The molecule has 0 spiro atoms. The summed E-state index contributed by atoms with van der Waals surface area (Å²) in [6.07, 6.45) is 10.7. The summed E-state index contributed by atoms with van der Waals surface area (Å²) in [5, 5.41) is 3.65. The van der Waals surface area contributed by atoms with Gasteiger partial charge in [0.05, 0.1) is 0 Å². The highest BCUT2D eigenvalue weighted by molar-refractivity contribution is 8.00. The van der Waals surface area contributed by atoms with Crippen molar-refractivity contribution in [2.75, 3.05) is 19.3 Å². The van der Waals surface area contributed by atoms with E-state index in [1.54, 1.807) is 0 Å². The van der Waals surface area contributed by atoms with Crippen LogP contribution in [0.15, 0.2) is 0 Å². The van der Waals surface area contributed by atoms with E-state index >= 15 is 0 Å². The normalized spacial score (nSPS) is 20.0. The van der Waals surface area contributed by atoms with Gasteiger partial charge in [-0.3, -0.25) is 0 Å². The van der Waals surface area contributed by atoms with E-state index in [0.29, 0.717) is 4.75 Å². The Hall–Kier alpha value is 0.310. The van der Waals surface area contributed by atoms with Gasteiger partial charge >= 0.3 is 0 Å². The van der Waals surface area contributed by atoms with Crippen LogP contribution < -0.4 is 5.32 Å². The minimum absolute atomic E-state index is 0.581. The lowest BCUT2D eigenvalue weighted by Gasteiger charge is -2.27. The van der Waals surface area contributed by atoms with Crippen LogP contribution in [-0.4, -0.2) is 24.1 Å². The Kier molecular flexibility index (Phi) is 6.06. The Bertz CT molecular complexity index is 162. The van der Waals surface area contributed by atoms with Gasteiger partial charge in [-0.15, -0.1) is 0 Å². The van der Waals surface area contributed by atoms with Crippen molar-refractivity contribution in [3.8, 4) is 0 Å². The van der Waals surface area contributed by atoms with Crippen LogP contribution in [-0.2, 0) is 0 Å². The molecule has 1 saturated carbocycles. The van der Waals surface area contributed by atoms with E-state index in [4.69, 9.17) is 0 Å². The Morgan fingerprint density at radius 3 is 2.47 bits per heavy atom. The molecular formula is C13H27NS. The first-order valence-corrected chi connectivity index (χ1v) is 7.67. The summed E-state index contributed by atoms with van der Waals surface area (Å²) in [5.41, 5.74) is 0. The smallest absolute Gasteiger partial charge is 0.0281 e. The molecule has 1 rings (SSSR count). The van der Waals surface area contributed by atoms with Crippen molar-refractivity contribution in [3.63, 3.8) is 0 Å². The van der Waals surface area contributed by atoms with Crippen LogP contribution in [0.25, 0.3) is 0 Å². The monoisotopic (exact) mass is 229 g/mol. The molecule has 1 N–H and O–H groups in total. The van der Waals surface area contributed by atoms with Crippen molar-refractivity contribution in [3.05, 3.63) is 0 Å². The van der Waals surface area contributed by atoms with Gasteiger partial charge in [0.15, 0.2) is 0 Å². The van der Waals surface area contributed by atoms with Crippen LogP contribution in [0.4, 0.5) is 0 Å². The minimum Gasteiger partial charge on any atom is -0.315 e. The summed E-state index contributed by atoms with van der Waals surface area (Å²) in [6, 6.07) is 0. The molecule has 0 aromatic rings. The predicted molar refractivity (Wildman–Crippen MR) is 71.7 cm³/mol. The Morgan fingerprint density at radius 1 is 1.27 bits per heavy atom. The summed E-state index contributed by atoms with van der Waals surface area (Å²) in [7, 11) is 0. The molecule has 1 aliphatic carbocycles. The van der Waals surface area contributed by atoms with Gasteiger partial charge in [0.2, 0.25) is 0 Å². The largest absolute Gasteiger partial charge is 0.315 e. The van der Waals surface area contributed by atoms with Crippen molar-refractivity contribution in [2.45, 2.75) is 57.1 Å². The summed E-state index contributed by atoms with van der Waals surface area (Å²) in [6.45, 7) is 7.05. The molecule has 15 heavy (non-hydrogen) atoms. The third-order valence-electron chi connectivity index (χ3n) is 3.53. The highest BCUT2D eigenvalue weighted by Gasteiger charge is 2.32. The van der Waals surface area contributed by atoms with Crippen LogP contribution in [0.2, 0.25) is 0 Å². The number of rotatable bonds is 7. The Labute approximate surface area is 99.8 Å². The van der Waals surface area contributed by atoms with Gasteiger partial charge in [-0.25, -0.2) is 0 Å². The second-order valence-electron chi connectivity index (χ2n) is 5.31. The molecule has 1 nitrogen and oxygen atoms in total. The summed E-state index contributed by atoms with van der Waals surface area (Å²) >= 11 is 2.08. The predicted octanol–water partition coefficient (Wildman–Crippen LogP) is 3.69. The molecule has 1 fully saturated rings. The second-order valence-corrected chi connectivity index (χ2v) is 6.58. The van der Waals surface area contributed by atoms with Crippen LogP contribution in [0.5, 0.6) is 0 Å². The number of thioether (sulfide) groups is 1. The first-order valence-electron chi connectivity index (χ1n) is 6.44. The first-order chi connectivity index (χ1) is 7.18. The summed E-state index contributed by atoms with van der Waals surface area (Å²) in [5.74, 6) is 0.854. The van der Waals surface area contributed by atoms with Crippen LogP contribution in [0, 0.1) is 5.92 Å². The maximum absolute atomic E-state index is 3.65. The molecular weight excluding hydrogens is 202 g/mol. The van der Waals surface area contributed by atoms with Gasteiger partial charge in [-0.1, -0.05) is 26.7 Å². The van der Waals surface area contributed by atoms with Crippen LogP contribution in [0.1, 0.15) is 52.4 Å². The molecule has 0 bridgehead atoms. The SMILES string of the molecule is CSC1(CNCCCC(C)C)CCCC1. The molecule has 0 atom stereocenters. The van der Waals surface area contributed by atoms with Crippen LogP contribution in [0.3, 0.4) is 0 Å². The maximum atomic E-state index is 3.65. The van der Waals surface area contributed by atoms with Crippen LogP contribution >= 0.6 is 11.8 Å². The van der Waals surface area contributed by atoms with E-state index in [9.17, 15) is 0 Å². The molecule has 0 unspecified atom stereocenters. The molecule has 0 amide bonds. The fourth-order valence-electron chi connectivity index (χ4n) is 2.42. The van der Waals surface area contributed by atoms with Gasteiger partial charge in [0.25, 0.3) is 0 Å². The van der Waals surface area contributed by atoms with Crippen molar-refractivity contribution in [1.29, 1.82) is 0 Å². The molecule has 90 valence electrons. The zero-order valence-corrected chi connectivity index (χ0v) is 11.5. The third kappa shape index (κ3) is 4.78. The highest BCUT2D eigenvalue weighted by Crippen LogP contribution is 2.39. The zero-order chi connectivity index (χ0) is 11.1. The van der Waals surface area contributed by atoms with Gasteiger partial charge in [-0.05, 0) is 44.4 Å². The average Bonchev–Trinajstić information content (AvgIpc) is 2.66. The van der Waals surface area contributed by atoms with E-state index in [0.717, 1.165) is 5.92 Å². The number of hydrogen-bond acceptors (Lipinski definition) is 2. The topological polar surface area (TPSA) is 12.0 Å². The highest BCUT2D eigenvalue weighted by atomic mass is 32.2. The van der Waals surface area contributed by atoms with Gasteiger partial charge in [0.1, 0.15) is 0 Å². The molecule has 0 aliphatic heterocycles. The third-order valence-corrected chi connectivity index (χ3v) is 4.95. The lowest BCUT2D eigenvalue weighted by molar-refractivity contribution is 0.492. The van der Waals surface area contributed by atoms with Gasteiger partial charge in [-0.2, -0.15) is 11.8 Å². The van der Waals surface area contributed by atoms with E-state index in [1.165, 1.54) is 51.6 Å². The Balaban J connectivity index is 2.07. The molecule has 1 aliphatic rings. The van der Waals surface area contributed by atoms with E-state index in [2.05, 4.69) is 37.2 Å². The lowest BCUT2D eigenvalue weighted by Crippen LogP contribution is -2.35. The molecule has 0 heterocycles. The van der Waals surface area contributed by atoms with Crippen molar-refractivity contribution in [1.82, 2.24) is 5.32 Å². The number of nitrogens with one attached hydrogen (secondary N) is 1. The van der Waals surface area contributed by atoms with Gasteiger partial charge < -0.3 is 5.32 Å². The summed E-state index contributed by atoms with van der Waals surface area (Å²) in [4.78, 5) is 0. The first kappa shape index (κ1) is 13.4. The molecule has 0 aromatic heterocycles. The van der Waals surface area contributed by atoms with Crippen molar-refractivity contribution in [2.24, 2.45) is 5.92 Å². The summed E-state index contributed by atoms with van der Waals surface area (Å²) < 4.78 is 0.581. The molecule has 0 radical (unpaired) electrons. The van der Waals surface area contributed by atoms with Gasteiger partial charge in [0, 0.05) is 11.3 Å². The van der Waals surface area contributed by atoms with E-state index in [1.807, 2.05) is 0 Å². The molecule has 0 aromatic carbocycles. The zero-order valence-electron chi connectivity index (χ0n) is 10.6. The quantitative estimate of drug-likeness (QED) is 0.668. The standard InChI is InChI=1S/C13H27NS/c1-12(2)7-6-10-14-11-13(15-3)8-4-5-9-13/h12,14H,4-11H2,1-3H3.